The summed E-state index contributed by atoms with van der Waals surface area (Å²) in [5.41, 5.74) is 15.9. The zero-order valence-electron chi connectivity index (χ0n) is 31.0. The van der Waals surface area contributed by atoms with Crippen LogP contribution in [0.5, 0.6) is 0 Å². The van der Waals surface area contributed by atoms with E-state index in [2.05, 4.69) is 158 Å². The van der Waals surface area contributed by atoms with E-state index in [0.29, 0.717) is 0 Å². The molecule has 0 amide bonds. The molecule has 0 saturated heterocycles. The average Bonchev–Trinajstić information content (AvgIpc) is 4.03. The van der Waals surface area contributed by atoms with E-state index >= 15 is 0 Å². The Balaban J connectivity index is 0.897. The van der Waals surface area contributed by atoms with Gasteiger partial charge in [0.1, 0.15) is 44.7 Å². The van der Waals surface area contributed by atoms with E-state index in [-0.39, 0.29) is 0 Å². The molecule has 13 aromatic rings. The van der Waals surface area contributed by atoms with Crippen molar-refractivity contribution in [3.05, 3.63) is 182 Å². The summed E-state index contributed by atoms with van der Waals surface area (Å²) < 4.78 is 25.4. The first kappa shape index (κ1) is 31.4. The second-order valence-electron chi connectivity index (χ2n) is 15.3. The Kier molecular flexibility index (Phi) is 6.41. The number of hydrogen-bond donors (Lipinski definition) is 0. The first-order valence-corrected chi connectivity index (χ1v) is 19.5. The minimum Gasteiger partial charge on any atom is -0.456 e. The summed E-state index contributed by atoms with van der Waals surface area (Å²) in [6.45, 7) is 0. The molecule has 270 valence electrons. The number of benzene rings is 9. The SMILES string of the molecule is c1ccc(-c2ccc3oc4cc5oc6ccc(-c7cccc(-c8ccc9oc%10cc%11oc%12ccc(-c%13ccccc%13)cc%12c%11cc%10c9c8)c7)cc6c5cc4c3c2)cc1. The molecule has 0 bridgehead atoms. The maximum absolute atomic E-state index is 6.40. The highest BCUT2D eigenvalue weighted by Crippen LogP contribution is 2.42. The van der Waals surface area contributed by atoms with E-state index < -0.39 is 0 Å². The standard InChI is InChI=1S/C54H30O4/c1-3-8-31(9-4-1)35-14-18-47-39(23-35)43-27-45-41-25-37(16-20-49(41)57-53(45)29-51(43)55-47)33-12-7-13-34(22-33)38-17-21-50-42(26-38)46-28-44-40-24-36(32-10-5-2-6-11-32)15-19-48(40)56-52(44)30-54(46)58-50/h1-30H. The van der Waals surface area contributed by atoms with Gasteiger partial charge in [0.25, 0.3) is 0 Å². The van der Waals surface area contributed by atoms with E-state index in [1.165, 1.54) is 11.1 Å². The predicted molar refractivity (Wildman–Crippen MR) is 237 cm³/mol. The summed E-state index contributed by atoms with van der Waals surface area (Å²) >= 11 is 0. The fourth-order valence-electron chi connectivity index (χ4n) is 8.95. The second-order valence-corrected chi connectivity index (χ2v) is 15.3. The Morgan fingerprint density at radius 2 is 0.448 bits per heavy atom. The minimum absolute atomic E-state index is 0.814. The molecule has 58 heavy (non-hydrogen) atoms. The molecule has 0 saturated carbocycles. The summed E-state index contributed by atoms with van der Waals surface area (Å²) in [6.07, 6.45) is 0. The van der Waals surface area contributed by atoms with E-state index in [9.17, 15) is 0 Å². The third-order valence-electron chi connectivity index (χ3n) is 11.9. The highest BCUT2D eigenvalue weighted by Gasteiger charge is 2.17. The van der Waals surface area contributed by atoms with Gasteiger partial charge in [0.05, 0.1) is 0 Å². The monoisotopic (exact) mass is 742 g/mol. The van der Waals surface area contributed by atoms with Crippen LogP contribution in [0.1, 0.15) is 0 Å². The van der Waals surface area contributed by atoms with Crippen molar-refractivity contribution in [3.8, 4) is 44.5 Å². The molecule has 0 aliphatic carbocycles. The number of fused-ring (bicyclic) bond motifs is 12. The van der Waals surface area contributed by atoms with Crippen molar-refractivity contribution < 1.29 is 17.7 Å². The zero-order valence-corrected chi connectivity index (χ0v) is 31.0. The average molecular weight is 743 g/mol. The van der Waals surface area contributed by atoms with E-state index in [0.717, 1.165) is 121 Å². The van der Waals surface area contributed by atoms with Crippen LogP contribution in [-0.2, 0) is 0 Å². The molecule has 4 aromatic heterocycles. The van der Waals surface area contributed by atoms with Gasteiger partial charge in [-0.15, -0.1) is 0 Å². The van der Waals surface area contributed by atoms with Crippen LogP contribution in [-0.4, -0.2) is 0 Å². The first-order chi connectivity index (χ1) is 28.7. The lowest BCUT2D eigenvalue weighted by Crippen LogP contribution is -1.82. The van der Waals surface area contributed by atoms with Crippen LogP contribution in [0.25, 0.3) is 132 Å². The molecule has 4 heterocycles. The molecule has 0 spiro atoms. The van der Waals surface area contributed by atoms with Crippen molar-refractivity contribution in [1.82, 2.24) is 0 Å². The van der Waals surface area contributed by atoms with Gasteiger partial charge in [-0.25, -0.2) is 0 Å². The molecule has 0 unspecified atom stereocenters. The lowest BCUT2D eigenvalue weighted by atomic mass is 9.96. The maximum atomic E-state index is 6.40. The van der Waals surface area contributed by atoms with Gasteiger partial charge in [-0.3, -0.25) is 0 Å². The van der Waals surface area contributed by atoms with Crippen molar-refractivity contribution in [2.45, 2.75) is 0 Å². The van der Waals surface area contributed by atoms with Gasteiger partial charge in [0, 0.05) is 55.2 Å². The van der Waals surface area contributed by atoms with Gasteiger partial charge in [0.15, 0.2) is 0 Å². The van der Waals surface area contributed by atoms with E-state index in [1.54, 1.807) is 0 Å². The molecule has 0 aliphatic rings. The first-order valence-electron chi connectivity index (χ1n) is 19.5. The van der Waals surface area contributed by atoms with Crippen LogP contribution in [0.3, 0.4) is 0 Å². The van der Waals surface area contributed by atoms with Crippen LogP contribution in [0.4, 0.5) is 0 Å². The van der Waals surface area contributed by atoms with Crippen molar-refractivity contribution in [2.75, 3.05) is 0 Å². The highest BCUT2D eigenvalue weighted by atomic mass is 16.3. The summed E-state index contributed by atoms with van der Waals surface area (Å²) in [5.74, 6) is 0. The van der Waals surface area contributed by atoms with Crippen molar-refractivity contribution in [2.24, 2.45) is 0 Å². The summed E-state index contributed by atoms with van der Waals surface area (Å²) in [7, 11) is 0. The van der Waals surface area contributed by atoms with Crippen LogP contribution < -0.4 is 0 Å². The van der Waals surface area contributed by atoms with Gasteiger partial charge >= 0.3 is 0 Å². The van der Waals surface area contributed by atoms with Gasteiger partial charge in [-0.05, 0) is 111 Å². The highest BCUT2D eigenvalue weighted by molar-refractivity contribution is 6.17. The summed E-state index contributed by atoms with van der Waals surface area (Å²) in [6, 6.07) is 64.0. The van der Waals surface area contributed by atoms with Gasteiger partial charge in [-0.2, -0.15) is 0 Å². The molecule has 13 rings (SSSR count). The van der Waals surface area contributed by atoms with Crippen molar-refractivity contribution in [1.29, 1.82) is 0 Å². The van der Waals surface area contributed by atoms with Crippen molar-refractivity contribution in [3.63, 3.8) is 0 Å². The van der Waals surface area contributed by atoms with E-state index in [1.807, 2.05) is 24.3 Å². The minimum atomic E-state index is 0.814. The van der Waals surface area contributed by atoms with Crippen LogP contribution >= 0.6 is 0 Å². The lowest BCUT2D eigenvalue weighted by Gasteiger charge is -2.07. The Hall–Kier alpha value is -7.82. The Bertz CT molecular complexity index is 3540. The molecule has 0 fully saturated rings. The topological polar surface area (TPSA) is 52.6 Å². The van der Waals surface area contributed by atoms with Crippen LogP contribution in [0.15, 0.2) is 200 Å². The second kappa shape index (κ2) is 11.8. The Morgan fingerprint density at radius 3 is 0.793 bits per heavy atom. The normalized spacial score (nSPS) is 12.1. The largest absolute Gasteiger partial charge is 0.456 e. The van der Waals surface area contributed by atoms with Gasteiger partial charge < -0.3 is 17.7 Å². The zero-order chi connectivity index (χ0) is 37.9. The molecule has 0 aliphatic heterocycles. The number of furan rings is 4. The smallest absolute Gasteiger partial charge is 0.139 e. The maximum Gasteiger partial charge on any atom is 0.139 e. The molecule has 0 atom stereocenters. The Labute approximate surface area is 330 Å². The fraction of sp³-hybridized carbons (Fsp3) is 0. The van der Waals surface area contributed by atoms with Gasteiger partial charge in [0.2, 0.25) is 0 Å². The van der Waals surface area contributed by atoms with Crippen LogP contribution in [0, 0.1) is 0 Å². The lowest BCUT2D eigenvalue weighted by molar-refractivity contribution is 0.655. The summed E-state index contributed by atoms with van der Waals surface area (Å²) in [5, 5.41) is 8.65. The summed E-state index contributed by atoms with van der Waals surface area (Å²) in [4.78, 5) is 0. The Morgan fingerprint density at radius 1 is 0.172 bits per heavy atom. The van der Waals surface area contributed by atoms with Crippen molar-refractivity contribution >= 4 is 87.8 Å². The number of hydrogen-bond acceptors (Lipinski definition) is 4. The fourth-order valence-corrected chi connectivity index (χ4v) is 8.95. The number of rotatable bonds is 4. The molecule has 0 N–H and O–H groups in total. The van der Waals surface area contributed by atoms with E-state index in [4.69, 9.17) is 17.7 Å². The quantitative estimate of drug-likeness (QED) is 0.180. The molecular weight excluding hydrogens is 713 g/mol. The molecule has 4 heteroatoms. The van der Waals surface area contributed by atoms with Gasteiger partial charge in [-0.1, -0.05) is 103 Å². The molecular formula is C54H30O4. The van der Waals surface area contributed by atoms with Crippen LogP contribution in [0.2, 0.25) is 0 Å². The third kappa shape index (κ3) is 4.76. The molecule has 9 aromatic carbocycles. The third-order valence-corrected chi connectivity index (χ3v) is 11.9. The molecule has 0 radical (unpaired) electrons. The molecule has 4 nitrogen and oxygen atoms in total. The predicted octanol–water partition coefficient (Wildman–Crippen LogP) is 16.0.